The summed E-state index contributed by atoms with van der Waals surface area (Å²) >= 11 is 0. The van der Waals surface area contributed by atoms with E-state index < -0.39 is 9.84 Å². The average Bonchev–Trinajstić information content (AvgIpc) is 2.38. The normalized spacial score (nSPS) is 38.8. The summed E-state index contributed by atoms with van der Waals surface area (Å²) in [6.07, 6.45) is 4.13. The van der Waals surface area contributed by atoms with E-state index >= 15 is 0 Å². The minimum Gasteiger partial charge on any atom is -0.394 e. The SMILES string of the molecule is CCNC1(CO)CCCC(N2CCS(=O)(=O)CC2C)C1. The second kappa shape index (κ2) is 6.30. The third kappa shape index (κ3) is 3.53. The molecule has 0 aromatic rings. The Labute approximate surface area is 122 Å². The molecule has 0 aromatic carbocycles. The van der Waals surface area contributed by atoms with Crippen LogP contribution in [0, 0.1) is 0 Å². The zero-order valence-corrected chi connectivity index (χ0v) is 13.5. The third-order valence-electron chi connectivity index (χ3n) is 4.86. The van der Waals surface area contributed by atoms with Crippen molar-refractivity contribution in [1.82, 2.24) is 10.2 Å². The van der Waals surface area contributed by atoms with E-state index in [0.717, 1.165) is 32.2 Å². The summed E-state index contributed by atoms with van der Waals surface area (Å²) in [5.41, 5.74) is -0.173. The van der Waals surface area contributed by atoms with Gasteiger partial charge in [0.1, 0.15) is 0 Å². The number of aliphatic hydroxyl groups is 1. The lowest BCUT2D eigenvalue weighted by Gasteiger charge is -2.47. The molecule has 118 valence electrons. The van der Waals surface area contributed by atoms with Gasteiger partial charge in [-0.05, 0) is 39.2 Å². The highest BCUT2D eigenvalue weighted by Gasteiger charge is 2.40. The van der Waals surface area contributed by atoms with Crippen LogP contribution in [0.1, 0.15) is 39.5 Å². The van der Waals surface area contributed by atoms with Gasteiger partial charge in [-0.15, -0.1) is 0 Å². The van der Waals surface area contributed by atoms with Gasteiger partial charge in [0.15, 0.2) is 9.84 Å². The molecule has 0 radical (unpaired) electrons. The van der Waals surface area contributed by atoms with Crippen molar-refractivity contribution in [2.75, 3.05) is 31.2 Å². The first-order valence-electron chi connectivity index (χ1n) is 7.73. The van der Waals surface area contributed by atoms with E-state index in [4.69, 9.17) is 0 Å². The quantitative estimate of drug-likeness (QED) is 0.786. The van der Waals surface area contributed by atoms with Gasteiger partial charge in [0.2, 0.25) is 0 Å². The molecule has 0 spiro atoms. The fourth-order valence-corrected chi connectivity index (χ4v) is 5.49. The van der Waals surface area contributed by atoms with Crippen LogP contribution in [0.3, 0.4) is 0 Å². The topological polar surface area (TPSA) is 69.6 Å². The Balaban J connectivity index is 2.05. The highest BCUT2D eigenvalue weighted by molar-refractivity contribution is 7.91. The number of likely N-dealkylation sites (N-methyl/N-ethyl adjacent to an activating group) is 1. The Morgan fingerprint density at radius 1 is 1.45 bits per heavy atom. The van der Waals surface area contributed by atoms with Crippen molar-refractivity contribution in [3.8, 4) is 0 Å². The molecule has 3 unspecified atom stereocenters. The lowest BCUT2D eigenvalue weighted by molar-refractivity contribution is 0.0478. The van der Waals surface area contributed by atoms with Gasteiger partial charge in [0, 0.05) is 24.2 Å². The van der Waals surface area contributed by atoms with Crippen molar-refractivity contribution in [3.05, 3.63) is 0 Å². The van der Waals surface area contributed by atoms with Crippen molar-refractivity contribution >= 4 is 9.84 Å². The first-order chi connectivity index (χ1) is 9.41. The molecule has 2 rings (SSSR count). The van der Waals surface area contributed by atoms with Crippen molar-refractivity contribution < 1.29 is 13.5 Å². The van der Waals surface area contributed by atoms with Crippen LogP contribution < -0.4 is 5.32 Å². The number of rotatable bonds is 4. The van der Waals surface area contributed by atoms with E-state index in [1.807, 2.05) is 6.92 Å². The van der Waals surface area contributed by atoms with Gasteiger partial charge < -0.3 is 10.4 Å². The summed E-state index contributed by atoms with van der Waals surface area (Å²) in [5, 5.41) is 13.2. The molecule has 1 aliphatic carbocycles. The van der Waals surface area contributed by atoms with E-state index in [9.17, 15) is 13.5 Å². The van der Waals surface area contributed by atoms with E-state index in [1.54, 1.807) is 0 Å². The predicted octanol–water partition coefficient (Wildman–Crippen LogP) is 0.389. The number of hydrogen-bond donors (Lipinski definition) is 2. The van der Waals surface area contributed by atoms with Crippen LogP contribution in [0.4, 0.5) is 0 Å². The standard InChI is InChI=1S/C14H28N2O3S/c1-3-15-14(11-17)6-4-5-13(9-14)16-7-8-20(18,19)10-12(16)2/h12-13,15,17H,3-11H2,1-2H3. The largest absolute Gasteiger partial charge is 0.394 e. The Morgan fingerprint density at radius 2 is 2.20 bits per heavy atom. The summed E-state index contributed by atoms with van der Waals surface area (Å²) in [7, 11) is -2.85. The van der Waals surface area contributed by atoms with Crippen LogP contribution >= 0.6 is 0 Å². The Bertz CT molecular complexity index is 422. The van der Waals surface area contributed by atoms with E-state index in [-0.39, 0.29) is 29.7 Å². The van der Waals surface area contributed by atoms with Gasteiger partial charge in [0.25, 0.3) is 0 Å². The molecule has 2 N–H and O–H groups in total. The molecule has 2 aliphatic rings. The molecule has 1 saturated heterocycles. The van der Waals surface area contributed by atoms with Crippen molar-refractivity contribution in [2.24, 2.45) is 0 Å². The van der Waals surface area contributed by atoms with Crippen LogP contribution in [0.15, 0.2) is 0 Å². The third-order valence-corrected chi connectivity index (χ3v) is 6.66. The van der Waals surface area contributed by atoms with Crippen LogP contribution in [0.5, 0.6) is 0 Å². The zero-order chi connectivity index (χ0) is 14.8. The van der Waals surface area contributed by atoms with Crippen molar-refractivity contribution in [1.29, 1.82) is 0 Å². The average molecular weight is 304 g/mol. The fourth-order valence-electron chi connectivity index (χ4n) is 3.90. The van der Waals surface area contributed by atoms with Gasteiger partial charge in [0.05, 0.1) is 18.1 Å². The summed E-state index contributed by atoms with van der Waals surface area (Å²) in [6, 6.07) is 0.482. The molecule has 0 amide bonds. The molecule has 1 aliphatic heterocycles. The van der Waals surface area contributed by atoms with E-state index in [1.165, 1.54) is 0 Å². The maximum atomic E-state index is 11.7. The summed E-state index contributed by atoms with van der Waals surface area (Å²) in [5.74, 6) is 0.554. The number of nitrogens with one attached hydrogen (secondary N) is 1. The van der Waals surface area contributed by atoms with Gasteiger partial charge in [-0.1, -0.05) is 6.92 Å². The lowest BCUT2D eigenvalue weighted by Crippen LogP contribution is -2.59. The molecule has 1 heterocycles. The minimum atomic E-state index is -2.85. The second-order valence-corrected chi connectivity index (χ2v) is 8.65. The first kappa shape index (κ1) is 16.2. The van der Waals surface area contributed by atoms with E-state index in [0.29, 0.717) is 12.6 Å². The van der Waals surface area contributed by atoms with Crippen LogP contribution in [0.25, 0.3) is 0 Å². The van der Waals surface area contributed by atoms with Crippen molar-refractivity contribution in [2.45, 2.75) is 57.2 Å². The molecular formula is C14H28N2O3S. The van der Waals surface area contributed by atoms with Crippen LogP contribution in [-0.2, 0) is 9.84 Å². The van der Waals surface area contributed by atoms with Crippen molar-refractivity contribution in [3.63, 3.8) is 0 Å². The molecular weight excluding hydrogens is 276 g/mol. The molecule has 2 fully saturated rings. The minimum absolute atomic E-state index is 0.0925. The zero-order valence-electron chi connectivity index (χ0n) is 12.6. The monoisotopic (exact) mass is 304 g/mol. The number of nitrogens with zero attached hydrogens (tertiary/aromatic N) is 1. The van der Waals surface area contributed by atoms with Gasteiger partial charge >= 0.3 is 0 Å². The van der Waals surface area contributed by atoms with E-state index in [2.05, 4.69) is 17.1 Å². The van der Waals surface area contributed by atoms with Gasteiger partial charge in [-0.3, -0.25) is 4.90 Å². The Morgan fingerprint density at radius 3 is 2.80 bits per heavy atom. The lowest BCUT2D eigenvalue weighted by atomic mass is 9.78. The summed E-state index contributed by atoms with van der Waals surface area (Å²) in [4.78, 5) is 2.35. The highest BCUT2D eigenvalue weighted by Crippen LogP contribution is 2.33. The second-order valence-electron chi connectivity index (χ2n) is 6.42. The van der Waals surface area contributed by atoms with Gasteiger partial charge in [-0.2, -0.15) is 0 Å². The first-order valence-corrected chi connectivity index (χ1v) is 9.55. The van der Waals surface area contributed by atoms with Crippen LogP contribution in [-0.4, -0.2) is 67.2 Å². The molecule has 0 aromatic heterocycles. The molecule has 5 nitrogen and oxygen atoms in total. The number of hydrogen-bond acceptors (Lipinski definition) is 5. The van der Waals surface area contributed by atoms with Crippen LogP contribution in [0.2, 0.25) is 0 Å². The molecule has 20 heavy (non-hydrogen) atoms. The smallest absolute Gasteiger partial charge is 0.153 e. The highest BCUT2D eigenvalue weighted by atomic mass is 32.2. The number of aliphatic hydroxyl groups excluding tert-OH is 1. The Hall–Kier alpha value is -0.170. The van der Waals surface area contributed by atoms with Gasteiger partial charge in [-0.25, -0.2) is 8.42 Å². The molecule has 0 bridgehead atoms. The molecule has 1 saturated carbocycles. The fraction of sp³-hybridized carbons (Fsp3) is 1.00. The summed E-state index contributed by atoms with van der Waals surface area (Å²) < 4.78 is 23.4. The Kier molecular flexibility index (Phi) is 5.10. The summed E-state index contributed by atoms with van der Waals surface area (Å²) in [6.45, 7) is 5.74. The maximum absolute atomic E-state index is 11.7. The molecule has 3 atom stereocenters. The maximum Gasteiger partial charge on any atom is 0.153 e. The number of sulfone groups is 1. The predicted molar refractivity (Wildman–Crippen MR) is 80.6 cm³/mol. The molecule has 6 heteroatoms.